The summed E-state index contributed by atoms with van der Waals surface area (Å²) in [5.74, 6) is 2.24. The van der Waals surface area contributed by atoms with Gasteiger partial charge in [-0.1, -0.05) is 12.1 Å². The Kier molecular flexibility index (Phi) is 3.18. The van der Waals surface area contributed by atoms with Crippen molar-refractivity contribution < 1.29 is 4.74 Å². The molecule has 0 atom stereocenters. The number of hydrogen-bond donors (Lipinski definition) is 1. The summed E-state index contributed by atoms with van der Waals surface area (Å²) in [5.41, 5.74) is 5.31. The fourth-order valence-corrected chi connectivity index (χ4v) is 3.47. The highest BCUT2D eigenvalue weighted by Crippen LogP contribution is 2.39. The number of nitrogens with one attached hydrogen (secondary N) is 1. The number of ether oxygens (including phenoxy) is 1. The lowest BCUT2D eigenvalue weighted by Crippen LogP contribution is -2.02. The van der Waals surface area contributed by atoms with Crippen LogP contribution in [-0.4, -0.2) is 19.5 Å². The molecule has 4 aromatic rings. The zero-order valence-corrected chi connectivity index (χ0v) is 14.5. The van der Waals surface area contributed by atoms with Gasteiger partial charge in [-0.2, -0.15) is 0 Å². The van der Waals surface area contributed by atoms with Gasteiger partial charge in [-0.05, 0) is 36.2 Å². The molecule has 1 N–H and O–H groups in total. The van der Waals surface area contributed by atoms with Crippen molar-refractivity contribution in [2.24, 2.45) is 7.05 Å². The van der Waals surface area contributed by atoms with Crippen molar-refractivity contribution in [1.82, 2.24) is 19.5 Å². The van der Waals surface area contributed by atoms with E-state index in [1.54, 1.807) is 6.33 Å². The summed E-state index contributed by atoms with van der Waals surface area (Å²) < 4.78 is 7.98. The largest absolute Gasteiger partial charge is 0.439 e. The average molecular weight is 343 g/mol. The van der Waals surface area contributed by atoms with E-state index < -0.39 is 0 Å². The summed E-state index contributed by atoms with van der Waals surface area (Å²) in [4.78, 5) is 13.2. The third-order valence-electron chi connectivity index (χ3n) is 4.65. The van der Waals surface area contributed by atoms with Crippen LogP contribution in [0.25, 0.3) is 22.2 Å². The van der Waals surface area contributed by atoms with Crippen LogP contribution < -0.4 is 10.1 Å². The van der Waals surface area contributed by atoms with E-state index in [9.17, 15) is 0 Å². The van der Waals surface area contributed by atoms with E-state index in [1.165, 1.54) is 5.56 Å². The second kappa shape index (κ2) is 5.56. The average Bonchev–Trinajstić information content (AvgIpc) is 2.89. The fraction of sp³-hybridized carbons (Fsp3) is 0.150. The second-order valence-corrected chi connectivity index (χ2v) is 6.47. The van der Waals surface area contributed by atoms with E-state index in [1.807, 2.05) is 42.8 Å². The van der Waals surface area contributed by atoms with Crippen molar-refractivity contribution in [3.63, 3.8) is 0 Å². The minimum Gasteiger partial charge on any atom is -0.439 e. The Balaban J connectivity index is 1.60. The Morgan fingerprint density at radius 1 is 1.12 bits per heavy atom. The maximum atomic E-state index is 5.95. The Morgan fingerprint density at radius 2 is 2.04 bits per heavy atom. The lowest BCUT2D eigenvalue weighted by atomic mass is 10.0. The third kappa shape index (κ3) is 2.30. The molecule has 3 aromatic heterocycles. The van der Waals surface area contributed by atoms with Gasteiger partial charge >= 0.3 is 0 Å². The predicted octanol–water partition coefficient (Wildman–Crippen LogP) is 4.06. The summed E-state index contributed by atoms with van der Waals surface area (Å²) in [6, 6.07) is 11.9. The zero-order valence-electron chi connectivity index (χ0n) is 14.5. The lowest BCUT2D eigenvalue weighted by Gasteiger charge is -2.11. The van der Waals surface area contributed by atoms with E-state index in [-0.39, 0.29) is 0 Å². The molecule has 1 aliphatic heterocycles. The Hall–Kier alpha value is -3.41. The normalized spacial score (nSPS) is 12.4. The van der Waals surface area contributed by atoms with E-state index >= 15 is 0 Å². The van der Waals surface area contributed by atoms with Gasteiger partial charge in [0.2, 0.25) is 5.88 Å². The van der Waals surface area contributed by atoms with Gasteiger partial charge in [0.15, 0.2) is 0 Å². The summed E-state index contributed by atoms with van der Waals surface area (Å²) in [6.45, 7) is 2.63. The van der Waals surface area contributed by atoms with Crippen LogP contribution in [0.2, 0.25) is 0 Å². The van der Waals surface area contributed by atoms with Gasteiger partial charge < -0.3 is 14.6 Å². The number of hydrogen-bond acceptors (Lipinski definition) is 5. The first kappa shape index (κ1) is 14.9. The third-order valence-corrected chi connectivity index (χ3v) is 4.65. The molecule has 6 heteroatoms. The van der Waals surface area contributed by atoms with E-state index in [2.05, 4.69) is 38.6 Å². The van der Waals surface area contributed by atoms with Crippen molar-refractivity contribution in [3.05, 3.63) is 60.2 Å². The molecule has 5 rings (SSSR count). The molecule has 0 aliphatic carbocycles. The highest BCUT2D eigenvalue weighted by atomic mass is 16.5. The van der Waals surface area contributed by atoms with Gasteiger partial charge in [0.05, 0.1) is 5.39 Å². The van der Waals surface area contributed by atoms with Crippen molar-refractivity contribution in [2.75, 3.05) is 5.32 Å². The highest BCUT2D eigenvalue weighted by molar-refractivity contribution is 6.02. The molecule has 26 heavy (non-hydrogen) atoms. The van der Waals surface area contributed by atoms with E-state index in [0.29, 0.717) is 12.4 Å². The van der Waals surface area contributed by atoms with Gasteiger partial charge in [-0.15, -0.1) is 0 Å². The predicted molar refractivity (Wildman–Crippen MR) is 100 cm³/mol. The maximum Gasteiger partial charge on any atom is 0.219 e. The van der Waals surface area contributed by atoms with Crippen LogP contribution in [0.3, 0.4) is 0 Å². The fourth-order valence-electron chi connectivity index (χ4n) is 3.47. The van der Waals surface area contributed by atoms with Gasteiger partial charge in [-0.3, -0.25) is 0 Å². The monoisotopic (exact) mass is 343 g/mol. The van der Waals surface area contributed by atoms with Gasteiger partial charge in [0, 0.05) is 37.1 Å². The summed E-state index contributed by atoms with van der Waals surface area (Å²) in [6.07, 6.45) is 3.71. The van der Waals surface area contributed by atoms with Crippen LogP contribution in [0.15, 0.2) is 48.9 Å². The lowest BCUT2D eigenvalue weighted by molar-refractivity contribution is 0.461. The topological polar surface area (TPSA) is 64.9 Å². The molecule has 0 spiro atoms. The Labute approximate surface area is 150 Å². The zero-order chi connectivity index (χ0) is 17.7. The standard InChI is InChI=1S/C20H17N5O/c1-12-4-3-5-17(24-12)26-14-6-7-15-13(8-14)9-21-19-18-16(15)10-25(2)20(18)23-11-22-19/h3-8,10-11H,9H2,1-2H3,(H,21,22,23). The number of fused-ring (bicyclic) bond motifs is 2. The molecule has 1 aliphatic rings. The van der Waals surface area contributed by atoms with E-state index in [4.69, 9.17) is 4.74 Å². The molecule has 1 aromatic carbocycles. The van der Waals surface area contributed by atoms with Crippen LogP contribution in [0.5, 0.6) is 11.6 Å². The first-order chi connectivity index (χ1) is 12.7. The second-order valence-electron chi connectivity index (χ2n) is 6.47. The molecule has 128 valence electrons. The van der Waals surface area contributed by atoms with Crippen molar-refractivity contribution in [1.29, 1.82) is 0 Å². The minimum absolute atomic E-state index is 0.600. The maximum absolute atomic E-state index is 5.95. The van der Waals surface area contributed by atoms with Crippen LogP contribution in [-0.2, 0) is 13.6 Å². The van der Waals surface area contributed by atoms with Crippen LogP contribution >= 0.6 is 0 Å². The molecule has 6 nitrogen and oxygen atoms in total. The summed E-state index contributed by atoms with van der Waals surface area (Å²) in [7, 11) is 2.00. The van der Waals surface area contributed by atoms with Gasteiger partial charge in [-0.25, -0.2) is 15.0 Å². The number of aryl methyl sites for hydroxylation is 2. The van der Waals surface area contributed by atoms with Crippen molar-refractivity contribution >= 4 is 16.9 Å². The quantitative estimate of drug-likeness (QED) is 0.595. The van der Waals surface area contributed by atoms with Gasteiger partial charge in [0.1, 0.15) is 23.5 Å². The molecule has 0 saturated carbocycles. The first-order valence-corrected chi connectivity index (χ1v) is 8.48. The van der Waals surface area contributed by atoms with Gasteiger partial charge in [0.25, 0.3) is 0 Å². The number of aromatic nitrogens is 4. The molecular formula is C20H17N5O. The van der Waals surface area contributed by atoms with Crippen molar-refractivity contribution in [3.8, 4) is 22.8 Å². The molecule has 0 fully saturated rings. The number of anilines is 1. The molecular weight excluding hydrogens is 326 g/mol. The SMILES string of the molecule is Cc1cccc(Oc2ccc3c(c2)CNc2ncnc4c2c-3cn4C)n1. The molecule has 0 unspecified atom stereocenters. The number of benzene rings is 1. The molecule has 0 radical (unpaired) electrons. The van der Waals surface area contributed by atoms with Crippen LogP contribution in [0.1, 0.15) is 11.3 Å². The number of nitrogens with zero attached hydrogens (tertiary/aromatic N) is 4. The molecule has 0 saturated heterocycles. The smallest absolute Gasteiger partial charge is 0.219 e. The minimum atomic E-state index is 0.600. The Morgan fingerprint density at radius 3 is 2.92 bits per heavy atom. The first-order valence-electron chi connectivity index (χ1n) is 8.48. The number of pyridine rings is 1. The van der Waals surface area contributed by atoms with Crippen LogP contribution in [0.4, 0.5) is 5.82 Å². The van der Waals surface area contributed by atoms with Crippen LogP contribution in [0, 0.1) is 6.92 Å². The van der Waals surface area contributed by atoms with Crippen molar-refractivity contribution in [2.45, 2.75) is 13.5 Å². The Bertz CT molecular complexity index is 1150. The molecule has 4 heterocycles. The molecule has 0 amide bonds. The summed E-state index contributed by atoms with van der Waals surface area (Å²) >= 11 is 0. The highest BCUT2D eigenvalue weighted by Gasteiger charge is 2.20. The van der Waals surface area contributed by atoms with E-state index in [0.717, 1.165) is 39.4 Å². The summed E-state index contributed by atoms with van der Waals surface area (Å²) in [5, 5.41) is 4.48. The molecule has 0 bridgehead atoms. The number of rotatable bonds is 2.